The quantitative estimate of drug-likeness (QED) is 0.517. The molecule has 2 aliphatic heterocycles. The highest BCUT2D eigenvalue weighted by Gasteiger charge is 2.50. The van der Waals surface area contributed by atoms with Crippen LogP contribution in [0.4, 0.5) is 0 Å². The van der Waals surface area contributed by atoms with Gasteiger partial charge < -0.3 is 4.74 Å². The van der Waals surface area contributed by atoms with Crippen molar-refractivity contribution in [1.29, 1.82) is 0 Å². The van der Waals surface area contributed by atoms with Crippen molar-refractivity contribution in [2.45, 2.75) is 38.5 Å². The monoisotopic (exact) mass is 245 g/mol. The van der Waals surface area contributed by atoms with Gasteiger partial charge in [0.1, 0.15) is 0 Å². The molecule has 1 aromatic rings. The summed E-state index contributed by atoms with van der Waals surface area (Å²) in [5.41, 5.74) is 1.72. The van der Waals surface area contributed by atoms with Gasteiger partial charge in [-0.25, -0.2) is 4.79 Å². The number of aryl methyl sites for hydroxylation is 1. The molecule has 4 heteroatoms. The lowest BCUT2D eigenvalue weighted by Crippen LogP contribution is -2.46. The summed E-state index contributed by atoms with van der Waals surface area (Å²) in [5.74, 6) is -1.27. The van der Waals surface area contributed by atoms with Crippen LogP contribution in [0, 0.1) is 0 Å². The van der Waals surface area contributed by atoms with Crippen LogP contribution >= 0.6 is 0 Å². The predicted molar refractivity (Wildman–Crippen MR) is 64.5 cm³/mol. The van der Waals surface area contributed by atoms with E-state index in [0.29, 0.717) is 0 Å². The molecule has 1 saturated heterocycles. The van der Waals surface area contributed by atoms with Crippen LogP contribution < -0.4 is 0 Å². The van der Waals surface area contributed by atoms with Gasteiger partial charge in [0, 0.05) is 11.1 Å². The number of nitrogens with zero attached hydrogens (tertiary/aromatic N) is 1. The van der Waals surface area contributed by atoms with Gasteiger partial charge in [-0.05, 0) is 32.3 Å². The molecule has 1 aromatic carbocycles. The van der Waals surface area contributed by atoms with Gasteiger partial charge in [0.2, 0.25) is 6.23 Å². The molecule has 18 heavy (non-hydrogen) atoms. The summed E-state index contributed by atoms with van der Waals surface area (Å²) in [4.78, 5) is 25.1. The summed E-state index contributed by atoms with van der Waals surface area (Å²) in [6.45, 7) is 3.96. The van der Waals surface area contributed by atoms with E-state index in [1.165, 1.54) is 0 Å². The summed E-state index contributed by atoms with van der Waals surface area (Å²) in [5, 5.41) is 0. The first-order chi connectivity index (χ1) is 8.50. The maximum Gasteiger partial charge on any atom is 0.399 e. The molecular weight excluding hydrogens is 230 g/mol. The molecule has 0 N–H and O–H groups in total. The van der Waals surface area contributed by atoms with Crippen molar-refractivity contribution in [1.82, 2.24) is 4.90 Å². The van der Waals surface area contributed by atoms with Crippen molar-refractivity contribution in [2.75, 3.05) is 0 Å². The number of benzene rings is 1. The van der Waals surface area contributed by atoms with Crippen molar-refractivity contribution < 1.29 is 14.3 Å². The summed E-state index contributed by atoms with van der Waals surface area (Å²) in [6.07, 6.45) is 1.16. The third-order valence-electron chi connectivity index (χ3n) is 3.83. The Balaban J connectivity index is 2.16. The first kappa shape index (κ1) is 11.3. The normalized spacial score (nSPS) is 25.2. The molecule has 1 amide bonds. The largest absolute Gasteiger partial charge is 0.430 e. The van der Waals surface area contributed by atoms with Crippen LogP contribution in [0.1, 0.15) is 37.6 Å². The molecule has 3 rings (SSSR count). The van der Waals surface area contributed by atoms with Crippen LogP contribution in [0.5, 0.6) is 0 Å². The zero-order valence-corrected chi connectivity index (χ0v) is 10.5. The Hall–Kier alpha value is -1.84. The Labute approximate surface area is 106 Å². The van der Waals surface area contributed by atoms with Crippen molar-refractivity contribution >= 4 is 11.9 Å². The lowest BCUT2D eigenvalue weighted by Gasteiger charge is -2.35. The van der Waals surface area contributed by atoms with Crippen molar-refractivity contribution in [3.63, 3.8) is 0 Å². The topological polar surface area (TPSA) is 46.6 Å². The SMILES string of the molecule is CC1(C)CCc2ccccc2C2OC(=O)C(=O)N21. The van der Waals surface area contributed by atoms with Crippen molar-refractivity contribution in [2.24, 2.45) is 0 Å². The average molecular weight is 245 g/mol. The van der Waals surface area contributed by atoms with E-state index in [4.69, 9.17) is 4.74 Å². The second-order valence-electron chi connectivity index (χ2n) is 5.44. The standard InChI is InChI=1S/C14H15NO3/c1-14(2)8-7-9-5-3-4-6-10(9)12-15(14)11(16)13(17)18-12/h3-6,12H,7-8H2,1-2H3. The molecule has 0 aliphatic carbocycles. The van der Waals surface area contributed by atoms with Gasteiger partial charge >= 0.3 is 11.9 Å². The Bertz CT molecular complexity index is 536. The zero-order chi connectivity index (χ0) is 12.9. The summed E-state index contributed by atoms with van der Waals surface area (Å²) >= 11 is 0. The maximum absolute atomic E-state index is 12.0. The van der Waals surface area contributed by atoms with Gasteiger partial charge in [0.15, 0.2) is 0 Å². The van der Waals surface area contributed by atoms with E-state index in [1.54, 1.807) is 4.90 Å². The Morgan fingerprint density at radius 2 is 2.00 bits per heavy atom. The number of carbonyl (C=O) groups excluding carboxylic acids is 2. The number of hydrogen-bond donors (Lipinski definition) is 0. The molecule has 0 saturated carbocycles. The minimum atomic E-state index is -0.746. The first-order valence-electron chi connectivity index (χ1n) is 6.13. The third-order valence-corrected chi connectivity index (χ3v) is 3.83. The second kappa shape index (κ2) is 3.57. The van der Waals surface area contributed by atoms with Gasteiger partial charge in [-0.3, -0.25) is 9.69 Å². The Morgan fingerprint density at radius 3 is 2.78 bits per heavy atom. The highest BCUT2D eigenvalue weighted by atomic mass is 16.6. The highest BCUT2D eigenvalue weighted by molar-refractivity contribution is 6.34. The fraction of sp³-hybridized carbons (Fsp3) is 0.429. The molecule has 0 spiro atoms. The van der Waals surface area contributed by atoms with E-state index in [9.17, 15) is 9.59 Å². The number of amides is 1. The summed E-state index contributed by atoms with van der Waals surface area (Å²) < 4.78 is 5.26. The average Bonchev–Trinajstić information content (AvgIpc) is 2.58. The smallest absolute Gasteiger partial charge is 0.399 e. The molecule has 4 nitrogen and oxygen atoms in total. The summed E-state index contributed by atoms with van der Waals surface area (Å²) in [6, 6.07) is 7.85. The molecule has 1 unspecified atom stereocenters. The molecule has 0 aromatic heterocycles. The predicted octanol–water partition coefficient (Wildman–Crippen LogP) is 1.80. The van der Waals surface area contributed by atoms with Crippen LogP contribution in [0.25, 0.3) is 0 Å². The molecule has 1 fully saturated rings. The molecule has 0 bridgehead atoms. The summed E-state index contributed by atoms with van der Waals surface area (Å²) in [7, 11) is 0. The van der Waals surface area contributed by atoms with Crippen LogP contribution in [-0.4, -0.2) is 22.3 Å². The van der Waals surface area contributed by atoms with Gasteiger partial charge in [0.05, 0.1) is 0 Å². The van der Waals surface area contributed by atoms with Crippen LogP contribution in [0.2, 0.25) is 0 Å². The number of ether oxygens (including phenoxy) is 1. The molecular formula is C14H15NO3. The molecule has 2 aliphatic rings. The van der Waals surface area contributed by atoms with E-state index in [0.717, 1.165) is 24.0 Å². The van der Waals surface area contributed by atoms with Gasteiger partial charge in [-0.2, -0.15) is 0 Å². The number of carbonyl (C=O) groups is 2. The molecule has 0 radical (unpaired) electrons. The van der Waals surface area contributed by atoms with Crippen LogP contribution in [-0.2, 0) is 20.7 Å². The van der Waals surface area contributed by atoms with Crippen molar-refractivity contribution in [3.8, 4) is 0 Å². The van der Waals surface area contributed by atoms with Crippen molar-refractivity contribution in [3.05, 3.63) is 35.4 Å². The lowest BCUT2D eigenvalue weighted by molar-refractivity contribution is -0.149. The van der Waals surface area contributed by atoms with E-state index >= 15 is 0 Å². The number of hydrogen-bond acceptors (Lipinski definition) is 3. The zero-order valence-electron chi connectivity index (χ0n) is 10.5. The molecule has 2 heterocycles. The fourth-order valence-electron chi connectivity index (χ4n) is 2.77. The Kier molecular flexibility index (Phi) is 2.24. The van der Waals surface area contributed by atoms with E-state index in [1.807, 2.05) is 38.1 Å². The maximum atomic E-state index is 12.0. The molecule has 94 valence electrons. The lowest BCUT2D eigenvalue weighted by atomic mass is 9.95. The second-order valence-corrected chi connectivity index (χ2v) is 5.44. The minimum Gasteiger partial charge on any atom is -0.430 e. The van der Waals surface area contributed by atoms with Gasteiger partial charge in [-0.1, -0.05) is 24.3 Å². The Morgan fingerprint density at radius 1 is 1.28 bits per heavy atom. The van der Waals surface area contributed by atoms with E-state index in [-0.39, 0.29) is 5.54 Å². The third kappa shape index (κ3) is 1.45. The van der Waals surface area contributed by atoms with Crippen LogP contribution in [0.3, 0.4) is 0 Å². The van der Waals surface area contributed by atoms with E-state index < -0.39 is 18.1 Å². The van der Waals surface area contributed by atoms with Gasteiger partial charge in [0.25, 0.3) is 0 Å². The van der Waals surface area contributed by atoms with E-state index in [2.05, 4.69) is 0 Å². The first-order valence-corrected chi connectivity index (χ1v) is 6.13. The van der Waals surface area contributed by atoms with Gasteiger partial charge in [-0.15, -0.1) is 0 Å². The number of rotatable bonds is 0. The molecule has 1 atom stereocenters. The fourth-order valence-corrected chi connectivity index (χ4v) is 2.77. The van der Waals surface area contributed by atoms with Crippen LogP contribution in [0.15, 0.2) is 24.3 Å². The highest BCUT2D eigenvalue weighted by Crippen LogP contribution is 2.41. The number of esters is 1. The number of fused-ring (bicyclic) bond motifs is 3. The minimum absolute atomic E-state index is 0.368.